The highest BCUT2D eigenvalue weighted by atomic mass is 28.3. The molecule has 0 amide bonds. The van der Waals surface area contributed by atoms with E-state index < -0.39 is 8.24 Å². The van der Waals surface area contributed by atoms with E-state index in [1.807, 2.05) is 17.9 Å². The number of hydrogen-bond donors (Lipinski definition) is 0. The lowest BCUT2D eigenvalue weighted by atomic mass is 10.4. The third kappa shape index (κ3) is 1.71. The van der Waals surface area contributed by atoms with Gasteiger partial charge in [-0.05, 0) is 24.6 Å². The maximum atomic E-state index is 4.29. The molecule has 1 saturated heterocycles. The summed E-state index contributed by atoms with van der Waals surface area (Å²) in [5.41, 5.74) is 1.35. The maximum absolute atomic E-state index is 4.29. The van der Waals surface area contributed by atoms with Gasteiger partial charge in [-0.2, -0.15) is 5.10 Å². The third-order valence-electron chi connectivity index (χ3n) is 3.92. The Balaban J connectivity index is 2.28. The van der Waals surface area contributed by atoms with Gasteiger partial charge in [0.15, 0.2) is 8.24 Å². The maximum Gasteiger partial charge on any atom is 0.156 e. The Morgan fingerprint density at radius 1 is 1.40 bits per heavy atom. The molecule has 0 N–H and O–H groups in total. The number of anilines is 1. The minimum absolute atomic E-state index is 1.16. The lowest BCUT2D eigenvalue weighted by Gasteiger charge is -2.35. The van der Waals surface area contributed by atoms with Gasteiger partial charge in [-0.1, -0.05) is 13.8 Å². The molecule has 1 aromatic rings. The van der Waals surface area contributed by atoms with E-state index in [0.29, 0.717) is 0 Å². The van der Waals surface area contributed by atoms with Gasteiger partial charge in [-0.25, -0.2) is 0 Å². The lowest BCUT2D eigenvalue weighted by Crippen LogP contribution is -2.47. The van der Waals surface area contributed by atoms with Crippen molar-refractivity contribution in [3.05, 3.63) is 12.4 Å². The lowest BCUT2D eigenvalue weighted by molar-refractivity contribution is 0.767. The molecule has 2 rings (SSSR count). The summed E-state index contributed by atoms with van der Waals surface area (Å²) < 4.78 is 4.61. The smallest absolute Gasteiger partial charge is 0.156 e. The highest BCUT2D eigenvalue weighted by molar-refractivity contribution is 6.83. The van der Waals surface area contributed by atoms with Crippen molar-refractivity contribution in [2.45, 2.75) is 38.4 Å². The summed E-state index contributed by atoms with van der Waals surface area (Å²) in [6.07, 6.45) is 5.57. The van der Waals surface area contributed by atoms with Crippen LogP contribution in [-0.2, 0) is 7.05 Å². The normalized spacial score (nSPS) is 19.8. The highest BCUT2D eigenvalue weighted by Gasteiger charge is 2.40. The Morgan fingerprint density at radius 3 is 2.67 bits per heavy atom. The molecule has 0 aliphatic carbocycles. The van der Waals surface area contributed by atoms with Crippen molar-refractivity contribution in [1.29, 1.82) is 0 Å². The van der Waals surface area contributed by atoms with Gasteiger partial charge in [0.1, 0.15) is 0 Å². The van der Waals surface area contributed by atoms with Crippen LogP contribution < -0.4 is 4.57 Å². The van der Waals surface area contributed by atoms with Crippen LogP contribution in [0.5, 0.6) is 0 Å². The SMILES string of the molecule is CC[Si]1(CC)CCCN1c1cnn(C)c1. The van der Waals surface area contributed by atoms with E-state index in [1.54, 1.807) is 0 Å². The molecule has 1 fully saturated rings. The zero-order chi connectivity index (χ0) is 10.9. The summed E-state index contributed by atoms with van der Waals surface area (Å²) in [6.45, 7) is 5.98. The first kappa shape index (κ1) is 10.7. The van der Waals surface area contributed by atoms with Gasteiger partial charge in [0.2, 0.25) is 0 Å². The average molecular weight is 223 g/mol. The molecule has 15 heavy (non-hydrogen) atoms. The predicted octanol–water partition coefficient (Wildman–Crippen LogP) is 2.62. The molecule has 0 bridgehead atoms. The Labute approximate surface area is 93.2 Å². The van der Waals surface area contributed by atoms with E-state index in [-0.39, 0.29) is 0 Å². The number of aryl methyl sites for hydroxylation is 1. The molecule has 2 heterocycles. The molecule has 0 unspecified atom stereocenters. The molecule has 1 aliphatic heterocycles. The Hall–Kier alpha value is -0.773. The zero-order valence-electron chi connectivity index (χ0n) is 10.0. The fourth-order valence-corrected chi connectivity index (χ4v) is 7.23. The number of nitrogens with zero attached hydrogens (tertiary/aromatic N) is 3. The fourth-order valence-electron chi connectivity index (χ4n) is 2.87. The quantitative estimate of drug-likeness (QED) is 0.735. The first-order valence-corrected chi connectivity index (χ1v) is 8.55. The molecule has 3 nitrogen and oxygen atoms in total. The second-order valence-electron chi connectivity index (χ2n) is 4.56. The van der Waals surface area contributed by atoms with Crippen molar-refractivity contribution in [1.82, 2.24) is 9.78 Å². The molecule has 0 radical (unpaired) electrons. The molecule has 0 aromatic carbocycles. The van der Waals surface area contributed by atoms with Gasteiger partial charge >= 0.3 is 0 Å². The molecule has 0 saturated carbocycles. The Kier molecular flexibility index (Phi) is 2.86. The molecular formula is C11H21N3Si. The largest absolute Gasteiger partial charge is 0.395 e. The van der Waals surface area contributed by atoms with Gasteiger partial charge in [0.05, 0.1) is 11.9 Å². The summed E-state index contributed by atoms with van der Waals surface area (Å²) in [6, 6.07) is 4.21. The number of hydrogen-bond acceptors (Lipinski definition) is 2. The van der Waals surface area contributed by atoms with Crippen LogP contribution >= 0.6 is 0 Å². The Morgan fingerprint density at radius 2 is 2.13 bits per heavy atom. The van der Waals surface area contributed by atoms with E-state index in [0.717, 1.165) is 0 Å². The fraction of sp³-hybridized carbons (Fsp3) is 0.727. The van der Waals surface area contributed by atoms with Crippen molar-refractivity contribution in [2.75, 3.05) is 11.1 Å². The van der Waals surface area contributed by atoms with Crippen LogP contribution in [0.2, 0.25) is 18.1 Å². The average Bonchev–Trinajstić information content (AvgIpc) is 2.83. The van der Waals surface area contributed by atoms with Gasteiger partial charge in [0.25, 0.3) is 0 Å². The van der Waals surface area contributed by atoms with Gasteiger partial charge in [-0.15, -0.1) is 0 Å². The summed E-state index contributed by atoms with van der Waals surface area (Å²) in [5, 5.41) is 4.29. The molecule has 1 aromatic heterocycles. The van der Waals surface area contributed by atoms with E-state index >= 15 is 0 Å². The molecular weight excluding hydrogens is 202 g/mol. The predicted molar refractivity (Wildman–Crippen MR) is 66.7 cm³/mol. The van der Waals surface area contributed by atoms with Crippen LogP contribution in [0.4, 0.5) is 5.69 Å². The molecule has 84 valence electrons. The second-order valence-corrected chi connectivity index (χ2v) is 9.46. The van der Waals surface area contributed by atoms with Crippen molar-refractivity contribution < 1.29 is 0 Å². The van der Waals surface area contributed by atoms with Crippen LogP contribution in [0, 0.1) is 0 Å². The standard InChI is InChI=1S/C11H21N3Si/c1-4-15(5-2)8-6-7-14(15)11-9-12-13(3)10-11/h9-10H,4-8H2,1-3H3. The first-order chi connectivity index (χ1) is 7.22. The second kappa shape index (κ2) is 4.00. The van der Waals surface area contributed by atoms with Crippen LogP contribution in [-0.4, -0.2) is 24.6 Å². The first-order valence-electron chi connectivity index (χ1n) is 5.98. The third-order valence-corrected chi connectivity index (χ3v) is 9.46. The zero-order valence-corrected chi connectivity index (χ0v) is 11.0. The minimum atomic E-state index is -1.16. The van der Waals surface area contributed by atoms with Crippen LogP contribution in [0.25, 0.3) is 0 Å². The van der Waals surface area contributed by atoms with E-state index in [9.17, 15) is 0 Å². The number of aromatic nitrogens is 2. The van der Waals surface area contributed by atoms with Crippen LogP contribution in [0.1, 0.15) is 20.3 Å². The summed E-state index contributed by atoms with van der Waals surface area (Å²) >= 11 is 0. The Bertz CT molecular complexity index is 330. The van der Waals surface area contributed by atoms with Gasteiger partial charge in [-0.3, -0.25) is 4.68 Å². The van der Waals surface area contributed by atoms with Gasteiger partial charge < -0.3 is 4.57 Å². The topological polar surface area (TPSA) is 21.1 Å². The van der Waals surface area contributed by atoms with Crippen molar-refractivity contribution >= 4 is 13.9 Å². The highest BCUT2D eigenvalue weighted by Crippen LogP contribution is 2.36. The van der Waals surface area contributed by atoms with E-state index in [4.69, 9.17) is 0 Å². The molecule has 0 spiro atoms. The molecule has 1 aliphatic rings. The monoisotopic (exact) mass is 223 g/mol. The summed E-state index contributed by atoms with van der Waals surface area (Å²) in [7, 11) is 0.844. The van der Waals surface area contributed by atoms with Crippen molar-refractivity contribution in [3.63, 3.8) is 0 Å². The summed E-state index contributed by atoms with van der Waals surface area (Å²) in [5.74, 6) is 0. The van der Waals surface area contributed by atoms with Gasteiger partial charge in [0, 0.05) is 19.8 Å². The summed E-state index contributed by atoms with van der Waals surface area (Å²) in [4.78, 5) is 0. The van der Waals surface area contributed by atoms with Crippen molar-refractivity contribution in [3.8, 4) is 0 Å². The van der Waals surface area contributed by atoms with Crippen LogP contribution in [0.3, 0.4) is 0 Å². The van der Waals surface area contributed by atoms with Crippen molar-refractivity contribution in [2.24, 2.45) is 7.05 Å². The van der Waals surface area contributed by atoms with E-state index in [1.165, 1.54) is 36.8 Å². The molecule has 0 atom stereocenters. The van der Waals surface area contributed by atoms with Crippen LogP contribution in [0.15, 0.2) is 12.4 Å². The minimum Gasteiger partial charge on any atom is -0.395 e. The molecule has 4 heteroatoms. The van der Waals surface area contributed by atoms with E-state index in [2.05, 4.69) is 29.7 Å². The number of rotatable bonds is 3.